The molecular formula is C17H26N2OS. The molecule has 4 heteroatoms. The van der Waals surface area contributed by atoms with Crippen molar-refractivity contribution in [3.63, 3.8) is 0 Å². The lowest BCUT2D eigenvalue weighted by Gasteiger charge is -2.30. The molecule has 3 rings (SSSR count). The molecule has 2 aliphatic rings. The normalized spacial score (nSPS) is 27.8. The van der Waals surface area contributed by atoms with Crippen molar-refractivity contribution in [1.82, 2.24) is 10.2 Å². The van der Waals surface area contributed by atoms with Gasteiger partial charge in [-0.05, 0) is 47.1 Å². The summed E-state index contributed by atoms with van der Waals surface area (Å²) in [7, 11) is 0. The molecule has 116 valence electrons. The zero-order valence-corrected chi connectivity index (χ0v) is 13.9. The van der Waals surface area contributed by atoms with Crippen molar-refractivity contribution in [3.8, 4) is 0 Å². The number of hydrogen-bond acceptors (Lipinski definition) is 3. The number of carbonyl (C=O) groups excluding carboxylic acids is 1. The monoisotopic (exact) mass is 306 g/mol. The van der Waals surface area contributed by atoms with Gasteiger partial charge in [0.05, 0.1) is 6.04 Å². The Kier molecular flexibility index (Phi) is 4.65. The molecule has 1 amide bonds. The van der Waals surface area contributed by atoms with E-state index in [0.717, 1.165) is 6.54 Å². The molecule has 1 aliphatic carbocycles. The third-order valence-electron chi connectivity index (χ3n) is 4.90. The molecule has 1 aliphatic heterocycles. The van der Waals surface area contributed by atoms with Crippen LogP contribution in [0.15, 0.2) is 16.8 Å². The minimum absolute atomic E-state index is 0.0292. The first kappa shape index (κ1) is 15.0. The van der Waals surface area contributed by atoms with Crippen LogP contribution < -0.4 is 5.32 Å². The summed E-state index contributed by atoms with van der Waals surface area (Å²) in [6, 6.07) is 2.12. The third-order valence-corrected chi connectivity index (χ3v) is 5.60. The van der Waals surface area contributed by atoms with E-state index in [4.69, 9.17) is 0 Å². The van der Waals surface area contributed by atoms with Crippen molar-refractivity contribution in [2.45, 2.75) is 58.2 Å². The van der Waals surface area contributed by atoms with Gasteiger partial charge in [-0.1, -0.05) is 33.1 Å². The Balaban J connectivity index is 1.77. The predicted molar refractivity (Wildman–Crippen MR) is 87.1 cm³/mol. The number of thiophene rings is 1. The molecule has 3 nitrogen and oxygen atoms in total. The van der Waals surface area contributed by atoms with Crippen molar-refractivity contribution >= 4 is 17.2 Å². The van der Waals surface area contributed by atoms with Gasteiger partial charge in [0, 0.05) is 6.54 Å². The Bertz CT molecular complexity index is 465. The van der Waals surface area contributed by atoms with Crippen LogP contribution in [0, 0.1) is 11.8 Å². The lowest BCUT2D eigenvalue weighted by Crippen LogP contribution is -2.37. The highest BCUT2D eigenvalue weighted by Gasteiger charge is 2.41. The summed E-state index contributed by atoms with van der Waals surface area (Å²) >= 11 is 1.71. The lowest BCUT2D eigenvalue weighted by molar-refractivity contribution is -0.131. The standard InChI is InChI=1S/C17H26N2OS/c1-12(2)15-17(20)19(10-13-6-4-3-5-7-13)16(18-15)14-8-9-21-11-14/h8-9,11-13,15-16,18H,3-7,10H2,1-2H3. The Hall–Kier alpha value is -0.870. The van der Waals surface area contributed by atoms with Gasteiger partial charge in [-0.2, -0.15) is 11.3 Å². The number of carbonyl (C=O) groups is 1. The van der Waals surface area contributed by atoms with E-state index in [9.17, 15) is 4.79 Å². The SMILES string of the molecule is CC(C)C1NC(c2ccsc2)N(CC2CCCCC2)C1=O. The molecular weight excluding hydrogens is 280 g/mol. The van der Waals surface area contributed by atoms with Gasteiger partial charge in [0.15, 0.2) is 0 Å². The molecule has 1 saturated carbocycles. The van der Waals surface area contributed by atoms with Crippen molar-refractivity contribution < 1.29 is 4.79 Å². The van der Waals surface area contributed by atoms with E-state index in [2.05, 4.69) is 40.9 Å². The predicted octanol–water partition coefficient (Wildman–Crippen LogP) is 3.78. The molecule has 0 bridgehead atoms. The highest BCUT2D eigenvalue weighted by molar-refractivity contribution is 7.07. The van der Waals surface area contributed by atoms with Crippen molar-refractivity contribution in [1.29, 1.82) is 0 Å². The van der Waals surface area contributed by atoms with E-state index >= 15 is 0 Å². The van der Waals surface area contributed by atoms with Gasteiger partial charge < -0.3 is 4.90 Å². The quantitative estimate of drug-likeness (QED) is 0.918. The molecule has 2 atom stereocenters. The molecule has 2 unspecified atom stereocenters. The summed E-state index contributed by atoms with van der Waals surface area (Å²) in [5.74, 6) is 1.33. The van der Waals surface area contributed by atoms with Crippen LogP contribution in [-0.2, 0) is 4.79 Å². The fourth-order valence-electron chi connectivity index (χ4n) is 3.66. The first-order valence-corrected chi connectivity index (χ1v) is 9.19. The van der Waals surface area contributed by atoms with Crippen LogP contribution in [0.2, 0.25) is 0 Å². The van der Waals surface area contributed by atoms with Crippen LogP contribution in [0.1, 0.15) is 57.7 Å². The maximum Gasteiger partial charge on any atom is 0.241 e. The average Bonchev–Trinajstić information content (AvgIpc) is 3.09. The molecule has 2 fully saturated rings. The first-order valence-electron chi connectivity index (χ1n) is 8.25. The van der Waals surface area contributed by atoms with Gasteiger partial charge in [0.25, 0.3) is 0 Å². The van der Waals surface area contributed by atoms with Gasteiger partial charge >= 0.3 is 0 Å². The first-order chi connectivity index (χ1) is 10.2. The largest absolute Gasteiger partial charge is 0.321 e. The number of hydrogen-bond donors (Lipinski definition) is 1. The zero-order valence-electron chi connectivity index (χ0n) is 13.0. The lowest BCUT2D eigenvalue weighted by atomic mass is 9.88. The Labute approximate surface area is 131 Å². The second-order valence-electron chi connectivity index (χ2n) is 6.84. The topological polar surface area (TPSA) is 32.3 Å². The second kappa shape index (κ2) is 6.49. The highest BCUT2D eigenvalue weighted by atomic mass is 32.1. The summed E-state index contributed by atoms with van der Waals surface area (Å²) in [6.07, 6.45) is 6.68. The van der Waals surface area contributed by atoms with Crippen LogP contribution in [0.25, 0.3) is 0 Å². The molecule has 0 radical (unpaired) electrons. The van der Waals surface area contributed by atoms with Crippen LogP contribution in [0.4, 0.5) is 0 Å². The summed E-state index contributed by atoms with van der Waals surface area (Å²) in [6.45, 7) is 5.18. The van der Waals surface area contributed by atoms with E-state index in [1.165, 1.54) is 37.7 Å². The number of amides is 1. The minimum Gasteiger partial charge on any atom is -0.321 e. The van der Waals surface area contributed by atoms with E-state index in [0.29, 0.717) is 17.7 Å². The summed E-state index contributed by atoms with van der Waals surface area (Å²) < 4.78 is 0. The number of rotatable bonds is 4. The summed E-state index contributed by atoms with van der Waals surface area (Å²) in [4.78, 5) is 14.9. The van der Waals surface area contributed by atoms with Gasteiger partial charge in [-0.15, -0.1) is 0 Å². The van der Waals surface area contributed by atoms with E-state index in [-0.39, 0.29) is 12.2 Å². The number of nitrogens with zero attached hydrogens (tertiary/aromatic N) is 1. The van der Waals surface area contributed by atoms with E-state index < -0.39 is 0 Å². The van der Waals surface area contributed by atoms with E-state index in [1.807, 2.05) is 0 Å². The maximum absolute atomic E-state index is 12.8. The molecule has 21 heavy (non-hydrogen) atoms. The van der Waals surface area contributed by atoms with Crippen molar-refractivity contribution in [2.24, 2.45) is 11.8 Å². The second-order valence-corrected chi connectivity index (χ2v) is 7.62. The molecule has 1 aromatic rings. The van der Waals surface area contributed by atoms with Gasteiger partial charge in [-0.3, -0.25) is 10.1 Å². The Morgan fingerprint density at radius 3 is 2.71 bits per heavy atom. The average molecular weight is 306 g/mol. The van der Waals surface area contributed by atoms with Crippen molar-refractivity contribution in [3.05, 3.63) is 22.4 Å². The van der Waals surface area contributed by atoms with Gasteiger partial charge in [0.1, 0.15) is 6.17 Å². The fraction of sp³-hybridized carbons (Fsp3) is 0.706. The van der Waals surface area contributed by atoms with Crippen LogP contribution in [0.5, 0.6) is 0 Å². The smallest absolute Gasteiger partial charge is 0.241 e. The van der Waals surface area contributed by atoms with Gasteiger partial charge in [-0.25, -0.2) is 0 Å². The zero-order chi connectivity index (χ0) is 14.8. The van der Waals surface area contributed by atoms with Crippen LogP contribution in [-0.4, -0.2) is 23.4 Å². The number of nitrogens with one attached hydrogen (secondary N) is 1. The van der Waals surface area contributed by atoms with E-state index in [1.54, 1.807) is 11.3 Å². The molecule has 2 heterocycles. The van der Waals surface area contributed by atoms with Crippen molar-refractivity contribution in [2.75, 3.05) is 6.54 Å². The maximum atomic E-state index is 12.8. The Morgan fingerprint density at radius 1 is 1.33 bits per heavy atom. The molecule has 0 aromatic carbocycles. The fourth-order valence-corrected chi connectivity index (χ4v) is 4.34. The van der Waals surface area contributed by atoms with Gasteiger partial charge in [0.2, 0.25) is 5.91 Å². The highest BCUT2D eigenvalue weighted by Crippen LogP contribution is 2.33. The Morgan fingerprint density at radius 2 is 2.10 bits per heavy atom. The van der Waals surface area contributed by atoms with Crippen LogP contribution in [0.3, 0.4) is 0 Å². The third kappa shape index (κ3) is 3.16. The molecule has 0 spiro atoms. The molecule has 1 N–H and O–H groups in total. The molecule has 1 saturated heterocycles. The summed E-state index contributed by atoms with van der Waals surface area (Å²) in [5, 5.41) is 7.83. The summed E-state index contributed by atoms with van der Waals surface area (Å²) in [5.41, 5.74) is 1.24. The molecule has 1 aromatic heterocycles. The van der Waals surface area contributed by atoms with Crippen LogP contribution >= 0.6 is 11.3 Å². The minimum atomic E-state index is -0.0292.